The lowest BCUT2D eigenvalue weighted by Gasteiger charge is -2.15. The van der Waals surface area contributed by atoms with Gasteiger partial charge in [-0.25, -0.2) is 4.98 Å². The van der Waals surface area contributed by atoms with Crippen LogP contribution in [0.3, 0.4) is 0 Å². The van der Waals surface area contributed by atoms with Crippen LogP contribution in [0.1, 0.15) is 21.6 Å². The van der Waals surface area contributed by atoms with Crippen LogP contribution in [0.25, 0.3) is 27.7 Å². The number of rotatable bonds is 3. The zero-order chi connectivity index (χ0) is 19.5. The second-order valence-electron chi connectivity index (χ2n) is 6.27. The molecule has 0 bridgehead atoms. The number of carbonyl (C=O) groups excluding carboxylic acids is 1. The highest BCUT2D eigenvalue weighted by atomic mass is 35.5. The van der Waals surface area contributed by atoms with E-state index in [1.54, 1.807) is 23.0 Å². The van der Waals surface area contributed by atoms with Crippen molar-refractivity contribution in [2.75, 3.05) is 12.8 Å². The van der Waals surface area contributed by atoms with E-state index in [1.165, 1.54) is 7.11 Å². The molecule has 7 nitrogen and oxygen atoms in total. The Balaban J connectivity index is 2.26. The molecule has 8 heteroatoms. The highest BCUT2D eigenvalue weighted by Gasteiger charge is 2.27. The Hall–Kier alpha value is -3.19. The van der Waals surface area contributed by atoms with E-state index >= 15 is 0 Å². The number of nitrogen functional groups attached to an aromatic ring is 1. The molecule has 0 fully saturated rings. The molecule has 0 atom stereocenters. The van der Waals surface area contributed by atoms with E-state index in [4.69, 9.17) is 32.2 Å². The number of amides is 1. The summed E-state index contributed by atoms with van der Waals surface area (Å²) in [6.45, 7) is 3.74. The number of hydrogen-bond acceptors (Lipinski definition) is 5. The number of carbonyl (C=O) groups is 1. The molecule has 0 aliphatic carbocycles. The Morgan fingerprint density at radius 1 is 1.30 bits per heavy atom. The van der Waals surface area contributed by atoms with Gasteiger partial charge in [-0.1, -0.05) is 17.7 Å². The van der Waals surface area contributed by atoms with Crippen molar-refractivity contribution >= 4 is 45.3 Å². The van der Waals surface area contributed by atoms with Gasteiger partial charge in [0.2, 0.25) is 0 Å². The third-order valence-corrected chi connectivity index (χ3v) is 5.08. The highest BCUT2D eigenvalue weighted by Crippen LogP contribution is 2.41. The Bertz CT molecular complexity index is 1240. The number of methoxy groups -OCH3 is 1. The largest absolute Gasteiger partial charge is 0.495 e. The van der Waals surface area contributed by atoms with Gasteiger partial charge in [0.1, 0.15) is 22.2 Å². The van der Waals surface area contributed by atoms with Crippen LogP contribution in [0, 0.1) is 13.8 Å². The normalized spacial score (nSPS) is 11.4. The summed E-state index contributed by atoms with van der Waals surface area (Å²) in [6, 6.07) is 5.41. The number of aryl methyl sites for hydroxylation is 2. The van der Waals surface area contributed by atoms with Gasteiger partial charge in [-0.05, 0) is 31.5 Å². The van der Waals surface area contributed by atoms with Gasteiger partial charge in [0.05, 0.1) is 35.7 Å². The van der Waals surface area contributed by atoms with Gasteiger partial charge in [-0.2, -0.15) is 0 Å². The molecular formula is C19H17ClN4O3. The minimum absolute atomic E-state index is 0.145. The van der Waals surface area contributed by atoms with Crippen LogP contribution in [-0.4, -0.2) is 22.6 Å². The van der Waals surface area contributed by atoms with Crippen LogP contribution >= 0.6 is 11.6 Å². The highest BCUT2D eigenvalue weighted by molar-refractivity contribution is 6.34. The predicted octanol–water partition coefficient (Wildman–Crippen LogP) is 3.73. The van der Waals surface area contributed by atoms with Gasteiger partial charge in [0.25, 0.3) is 5.91 Å². The van der Waals surface area contributed by atoms with Crippen LogP contribution in [0.2, 0.25) is 5.02 Å². The van der Waals surface area contributed by atoms with Gasteiger partial charge < -0.3 is 20.6 Å². The molecule has 138 valence electrons. The smallest absolute Gasteiger partial charge is 0.253 e. The summed E-state index contributed by atoms with van der Waals surface area (Å²) in [4.78, 5) is 16.9. The van der Waals surface area contributed by atoms with Crippen molar-refractivity contribution in [1.82, 2.24) is 9.55 Å². The Labute approximate surface area is 159 Å². The lowest BCUT2D eigenvalue weighted by atomic mass is 10.1. The topological polar surface area (TPSA) is 109 Å². The van der Waals surface area contributed by atoms with Crippen LogP contribution < -0.4 is 16.2 Å². The number of nitrogens with two attached hydrogens (primary N) is 2. The monoisotopic (exact) mass is 384 g/mol. The second kappa shape index (κ2) is 5.92. The third-order valence-electron chi connectivity index (χ3n) is 4.71. The molecular weight excluding hydrogens is 368 g/mol. The van der Waals surface area contributed by atoms with Gasteiger partial charge in [0, 0.05) is 5.39 Å². The first-order chi connectivity index (χ1) is 12.9. The van der Waals surface area contributed by atoms with Crippen molar-refractivity contribution in [3.63, 3.8) is 0 Å². The maximum atomic E-state index is 12.2. The molecule has 0 unspecified atom stereocenters. The fourth-order valence-corrected chi connectivity index (χ4v) is 3.83. The van der Waals surface area contributed by atoms with Crippen LogP contribution in [0.15, 0.2) is 28.9 Å². The van der Waals surface area contributed by atoms with Crippen molar-refractivity contribution in [1.29, 1.82) is 0 Å². The zero-order valence-corrected chi connectivity index (χ0v) is 15.7. The second-order valence-corrected chi connectivity index (χ2v) is 6.64. The number of pyridine rings is 1. The van der Waals surface area contributed by atoms with Crippen LogP contribution in [0.5, 0.6) is 5.75 Å². The summed E-state index contributed by atoms with van der Waals surface area (Å²) in [5.74, 6) is -0.0437. The quantitative estimate of drug-likeness (QED) is 0.559. The Morgan fingerprint density at radius 3 is 2.70 bits per heavy atom. The van der Waals surface area contributed by atoms with E-state index in [-0.39, 0.29) is 11.4 Å². The molecule has 0 aliphatic heterocycles. The maximum Gasteiger partial charge on any atom is 0.253 e. The average molecular weight is 385 g/mol. The molecule has 4 N–H and O–H groups in total. The van der Waals surface area contributed by atoms with Gasteiger partial charge in [0.15, 0.2) is 5.65 Å². The molecule has 1 amide bonds. The molecule has 0 radical (unpaired) electrons. The van der Waals surface area contributed by atoms with Crippen molar-refractivity contribution in [2.45, 2.75) is 13.8 Å². The van der Waals surface area contributed by atoms with Crippen molar-refractivity contribution < 1.29 is 13.9 Å². The summed E-state index contributed by atoms with van der Waals surface area (Å²) in [5.41, 5.74) is 15.3. The van der Waals surface area contributed by atoms with Gasteiger partial charge in [-0.3, -0.25) is 9.36 Å². The molecule has 0 spiro atoms. The summed E-state index contributed by atoms with van der Waals surface area (Å²) < 4.78 is 12.6. The molecule has 27 heavy (non-hydrogen) atoms. The fraction of sp³-hybridized carbons (Fsp3) is 0.158. The van der Waals surface area contributed by atoms with E-state index in [0.29, 0.717) is 33.1 Å². The van der Waals surface area contributed by atoms with Gasteiger partial charge in [-0.15, -0.1) is 0 Å². The molecule has 0 aliphatic rings. The minimum Gasteiger partial charge on any atom is -0.495 e. The zero-order valence-electron chi connectivity index (χ0n) is 15.0. The average Bonchev–Trinajstić information content (AvgIpc) is 3.20. The lowest BCUT2D eigenvalue weighted by molar-refractivity contribution is 0.100. The first-order valence-corrected chi connectivity index (χ1v) is 8.55. The lowest BCUT2D eigenvalue weighted by Crippen LogP contribution is -2.14. The summed E-state index contributed by atoms with van der Waals surface area (Å²) in [7, 11) is 1.53. The molecule has 1 aromatic carbocycles. The Morgan fingerprint density at radius 2 is 2.04 bits per heavy atom. The SMILES string of the molecule is COc1ccc(C)c(-n2c(N)c(C(N)=O)c3c4occc4c(C)nc32)c1Cl. The number of ether oxygens (including phenoxy) is 1. The van der Waals surface area contributed by atoms with Crippen molar-refractivity contribution in [3.8, 4) is 11.4 Å². The number of hydrogen-bond donors (Lipinski definition) is 2. The van der Waals surface area contributed by atoms with Crippen molar-refractivity contribution in [3.05, 3.63) is 46.3 Å². The van der Waals surface area contributed by atoms with Crippen molar-refractivity contribution in [2.24, 2.45) is 5.73 Å². The van der Waals surface area contributed by atoms with Gasteiger partial charge >= 0.3 is 0 Å². The van der Waals surface area contributed by atoms with E-state index in [1.807, 2.05) is 19.9 Å². The minimum atomic E-state index is -0.670. The number of primary amides is 1. The Kier molecular flexibility index (Phi) is 3.78. The molecule has 0 saturated heterocycles. The predicted molar refractivity (Wildman–Crippen MR) is 105 cm³/mol. The first kappa shape index (κ1) is 17.2. The number of furan rings is 1. The maximum absolute atomic E-state index is 12.2. The van der Waals surface area contributed by atoms with E-state index in [2.05, 4.69) is 4.98 Å². The summed E-state index contributed by atoms with van der Waals surface area (Å²) >= 11 is 6.58. The number of anilines is 1. The number of fused-ring (bicyclic) bond motifs is 3. The standard InChI is InChI=1S/C19H17ClN4O3/c1-8-4-5-11(26-3)14(20)15(8)24-17(21)13(18(22)25)12-16-10(6-7-27-16)9(2)23-19(12)24/h4-7H,21H2,1-3H3,(H2,22,25). The van der Waals surface area contributed by atoms with E-state index < -0.39 is 5.91 Å². The van der Waals surface area contributed by atoms with E-state index in [0.717, 1.165) is 16.6 Å². The number of benzene rings is 1. The number of halogens is 1. The summed E-state index contributed by atoms with van der Waals surface area (Å²) in [5, 5.41) is 1.61. The molecule has 4 rings (SSSR count). The molecule has 4 aromatic rings. The number of nitrogens with zero attached hydrogens (tertiary/aromatic N) is 2. The fourth-order valence-electron chi connectivity index (χ4n) is 3.46. The first-order valence-electron chi connectivity index (χ1n) is 8.17. The summed E-state index contributed by atoms with van der Waals surface area (Å²) in [6.07, 6.45) is 1.54. The number of aromatic nitrogens is 2. The van der Waals surface area contributed by atoms with Crippen LogP contribution in [0.4, 0.5) is 5.82 Å². The van der Waals surface area contributed by atoms with E-state index in [9.17, 15) is 4.79 Å². The third kappa shape index (κ3) is 2.28. The molecule has 3 heterocycles. The van der Waals surface area contributed by atoms with Crippen LogP contribution in [-0.2, 0) is 0 Å². The molecule has 3 aromatic heterocycles. The molecule has 0 saturated carbocycles.